The molecule has 0 fully saturated rings. The standard InChI is InChI=1S/C10H20N2O3S/c1-2-3-4-6-16-7-5-11-8-9(13)12-10(14)15/h11H,2-8H2,1H3,(H,12,13)(H,14,15). The summed E-state index contributed by atoms with van der Waals surface area (Å²) in [5, 5.41) is 12.9. The lowest BCUT2D eigenvalue weighted by atomic mass is 10.3. The molecule has 16 heavy (non-hydrogen) atoms. The van der Waals surface area contributed by atoms with Crippen molar-refractivity contribution in [1.29, 1.82) is 0 Å². The van der Waals surface area contributed by atoms with Crippen LogP contribution in [0.15, 0.2) is 0 Å². The Bertz CT molecular complexity index is 212. The van der Waals surface area contributed by atoms with Crippen LogP contribution in [0, 0.1) is 0 Å². The van der Waals surface area contributed by atoms with Gasteiger partial charge < -0.3 is 10.4 Å². The SMILES string of the molecule is CCCCCSCCNCC(=O)NC(=O)O. The second kappa shape index (κ2) is 10.8. The molecule has 0 radical (unpaired) electrons. The molecule has 0 aliphatic carbocycles. The van der Waals surface area contributed by atoms with Gasteiger partial charge in [0.05, 0.1) is 6.54 Å². The fraction of sp³-hybridized carbons (Fsp3) is 0.800. The minimum atomic E-state index is -1.30. The molecular formula is C10H20N2O3S. The van der Waals surface area contributed by atoms with Crippen LogP contribution in [0.1, 0.15) is 26.2 Å². The molecular weight excluding hydrogens is 228 g/mol. The third-order valence-corrected chi connectivity index (χ3v) is 2.92. The van der Waals surface area contributed by atoms with Gasteiger partial charge in [0.1, 0.15) is 0 Å². The molecule has 0 saturated heterocycles. The molecule has 0 aromatic rings. The van der Waals surface area contributed by atoms with Crippen molar-refractivity contribution in [3.63, 3.8) is 0 Å². The number of thioether (sulfide) groups is 1. The van der Waals surface area contributed by atoms with Crippen LogP contribution >= 0.6 is 11.8 Å². The molecule has 0 aliphatic heterocycles. The average molecular weight is 248 g/mol. The number of rotatable bonds is 9. The van der Waals surface area contributed by atoms with Gasteiger partial charge >= 0.3 is 6.09 Å². The molecule has 0 aromatic carbocycles. The topological polar surface area (TPSA) is 78.4 Å². The fourth-order valence-electron chi connectivity index (χ4n) is 1.07. The molecule has 0 spiro atoms. The maximum atomic E-state index is 10.9. The van der Waals surface area contributed by atoms with E-state index in [4.69, 9.17) is 5.11 Å². The van der Waals surface area contributed by atoms with Gasteiger partial charge in [-0.25, -0.2) is 4.79 Å². The number of carbonyl (C=O) groups is 2. The predicted octanol–water partition coefficient (Wildman–Crippen LogP) is 1.29. The molecule has 0 bridgehead atoms. The summed E-state index contributed by atoms with van der Waals surface area (Å²) < 4.78 is 0. The first-order valence-electron chi connectivity index (χ1n) is 5.48. The quantitative estimate of drug-likeness (QED) is 0.536. The maximum Gasteiger partial charge on any atom is 0.411 e. The maximum absolute atomic E-state index is 10.9. The Labute approximate surface area is 100 Å². The molecule has 0 saturated carbocycles. The van der Waals surface area contributed by atoms with E-state index >= 15 is 0 Å². The van der Waals surface area contributed by atoms with Crippen molar-refractivity contribution in [2.24, 2.45) is 0 Å². The van der Waals surface area contributed by atoms with E-state index in [2.05, 4.69) is 12.2 Å². The largest absolute Gasteiger partial charge is 0.465 e. The summed E-state index contributed by atoms with van der Waals surface area (Å²) in [6, 6.07) is 0. The van der Waals surface area contributed by atoms with Crippen LogP contribution in [0.4, 0.5) is 4.79 Å². The van der Waals surface area contributed by atoms with Crippen molar-refractivity contribution >= 4 is 23.8 Å². The Balaban J connectivity index is 3.14. The highest BCUT2D eigenvalue weighted by Gasteiger charge is 2.03. The van der Waals surface area contributed by atoms with E-state index in [1.807, 2.05) is 11.8 Å². The highest BCUT2D eigenvalue weighted by Crippen LogP contribution is 2.04. The van der Waals surface area contributed by atoms with E-state index in [0.717, 1.165) is 18.1 Å². The molecule has 2 amide bonds. The van der Waals surface area contributed by atoms with Crippen LogP contribution in [0.2, 0.25) is 0 Å². The van der Waals surface area contributed by atoms with Gasteiger partial charge in [0.25, 0.3) is 0 Å². The number of carboxylic acid groups (broad SMARTS) is 1. The molecule has 0 heterocycles. The minimum Gasteiger partial charge on any atom is -0.465 e. The summed E-state index contributed by atoms with van der Waals surface area (Å²) in [6.07, 6.45) is 2.43. The zero-order chi connectivity index (χ0) is 12.2. The van der Waals surface area contributed by atoms with E-state index < -0.39 is 12.0 Å². The van der Waals surface area contributed by atoms with Gasteiger partial charge in [0.15, 0.2) is 0 Å². The van der Waals surface area contributed by atoms with Crippen LogP contribution in [0.5, 0.6) is 0 Å². The lowest BCUT2D eigenvalue weighted by Crippen LogP contribution is -2.37. The van der Waals surface area contributed by atoms with Gasteiger partial charge in [-0.1, -0.05) is 19.8 Å². The monoisotopic (exact) mass is 248 g/mol. The minimum absolute atomic E-state index is 0.0574. The lowest BCUT2D eigenvalue weighted by Gasteiger charge is -2.03. The zero-order valence-electron chi connectivity index (χ0n) is 9.62. The summed E-state index contributed by atoms with van der Waals surface area (Å²) in [5.41, 5.74) is 0. The van der Waals surface area contributed by atoms with Crippen LogP contribution in [0.3, 0.4) is 0 Å². The van der Waals surface area contributed by atoms with Gasteiger partial charge in [0, 0.05) is 12.3 Å². The smallest absolute Gasteiger partial charge is 0.411 e. The summed E-state index contributed by atoms with van der Waals surface area (Å²) in [7, 11) is 0. The van der Waals surface area contributed by atoms with E-state index in [1.165, 1.54) is 19.3 Å². The van der Waals surface area contributed by atoms with E-state index in [0.29, 0.717) is 0 Å². The number of imide groups is 1. The van der Waals surface area contributed by atoms with Crippen LogP contribution in [-0.4, -0.2) is 41.7 Å². The van der Waals surface area contributed by atoms with Gasteiger partial charge in [-0.2, -0.15) is 11.8 Å². The third kappa shape index (κ3) is 11.3. The van der Waals surface area contributed by atoms with Crippen molar-refractivity contribution < 1.29 is 14.7 Å². The van der Waals surface area contributed by atoms with E-state index in [-0.39, 0.29) is 6.54 Å². The number of amides is 2. The Kier molecular flexibility index (Phi) is 10.3. The second-order valence-electron chi connectivity index (χ2n) is 3.35. The lowest BCUT2D eigenvalue weighted by molar-refractivity contribution is -0.119. The van der Waals surface area contributed by atoms with E-state index in [9.17, 15) is 9.59 Å². The number of carbonyl (C=O) groups excluding carboxylic acids is 1. The summed E-state index contributed by atoms with van der Waals surface area (Å²) in [6.45, 7) is 2.96. The molecule has 0 rings (SSSR count). The first-order valence-corrected chi connectivity index (χ1v) is 6.63. The van der Waals surface area contributed by atoms with Crippen molar-refractivity contribution in [1.82, 2.24) is 10.6 Å². The number of hydrogen-bond acceptors (Lipinski definition) is 4. The first-order chi connectivity index (χ1) is 7.66. The summed E-state index contributed by atoms with van der Waals surface area (Å²) >= 11 is 1.85. The van der Waals surface area contributed by atoms with E-state index in [1.54, 1.807) is 5.32 Å². The van der Waals surface area contributed by atoms with Crippen molar-refractivity contribution in [2.45, 2.75) is 26.2 Å². The molecule has 5 nitrogen and oxygen atoms in total. The molecule has 0 aliphatic rings. The Morgan fingerprint density at radius 2 is 2.00 bits per heavy atom. The highest BCUT2D eigenvalue weighted by atomic mass is 32.2. The summed E-state index contributed by atoms with van der Waals surface area (Å²) in [4.78, 5) is 20.9. The van der Waals surface area contributed by atoms with Gasteiger partial charge in [-0.3, -0.25) is 10.1 Å². The molecule has 3 N–H and O–H groups in total. The fourth-order valence-corrected chi connectivity index (χ4v) is 1.97. The van der Waals surface area contributed by atoms with Gasteiger partial charge in [-0.15, -0.1) is 0 Å². The Morgan fingerprint density at radius 1 is 1.25 bits per heavy atom. The first kappa shape index (κ1) is 15.2. The molecule has 0 atom stereocenters. The predicted molar refractivity (Wildman–Crippen MR) is 65.9 cm³/mol. The molecule has 6 heteroatoms. The van der Waals surface area contributed by atoms with Crippen LogP contribution < -0.4 is 10.6 Å². The van der Waals surface area contributed by atoms with Gasteiger partial charge in [-0.05, 0) is 12.2 Å². The van der Waals surface area contributed by atoms with Crippen LogP contribution in [-0.2, 0) is 4.79 Å². The number of nitrogens with one attached hydrogen (secondary N) is 2. The number of hydrogen-bond donors (Lipinski definition) is 3. The average Bonchev–Trinajstić information content (AvgIpc) is 2.21. The van der Waals surface area contributed by atoms with Crippen molar-refractivity contribution in [3.8, 4) is 0 Å². The number of unbranched alkanes of at least 4 members (excludes halogenated alkanes) is 2. The third-order valence-electron chi connectivity index (χ3n) is 1.85. The normalized spacial score (nSPS) is 10.1. The molecule has 0 unspecified atom stereocenters. The molecule has 94 valence electrons. The molecule has 0 aromatic heterocycles. The van der Waals surface area contributed by atoms with Crippen molar-refractivity contribution in [3.05, 3.63) is 0 Å². The van der Waals surface area contributed by atoms with Crippen LogP contribution in [0.25, 0.3) is 0 Å². The Morgan fingerprint density at radius 3 is 2.62 bits per heavy atom. The highest BCUT2D eigenvalue weighted by molar-refractivity contribution is 7.99. The summed E-state index contributed by atoms with van der Waals surface area (Å²) in [5.74, 6) is 1.59. The van der Waals surface area contributed by atoms with Gasteiger partial charge in [0.2, 0.25) is 5.91 Å². The zero-order valence-corrected chi connectivity index (χ0v) is 10.4. The Hall–Kier alpha value is -0.750. The van der Waals surface area contributed by atoms with Crippen molar-refractivity contribution in [2.75, 3.05) is 24.6 Å². The second-order valence-corrected chi connectivity index (χ2v) is 4.57.